The molecular formula is C13H15NO2. The van der Waals surface area contributed by atoms with E-state index >= 15 is 0 Å². The lowest BCUT2D eigenvalue weighted by atomic mass is 9.87. The average Bonchev–Trinajstić information content (AvgIpc) is 2.88. The Morgan fingerprint density at radius 1 is 1.19 bits per heavy atom. The summed E-state index contributed by atoms with van der Waals surface area (Å²) in [6, 6.07) is 8.51. The minimum Gasteiger partial charge on any atom is -0.497 e. The zero-order valence-corrected chi connectivity index (χ0v) is 9.27. The van der Waals surface area contributed by atoms with Gasteiger partial charge in [-0.3, -0.25) is 4.79 Å². The molecule has 1 aliphatic carbocycles. The third-order valence-corrected chi connectivity index (χ3v) is 3.79. The molecule has 1 N–H and O–H groups in total. The maximum absolute atomic E-state index is 11.6. The van der Waals surface area contributed by atoms with Gasteiger partial charge in [-0.1, -0.05) is 12.1 Å². The van der Waals surface area contributed by atoms with Gasteiger partial charge in [-0.25, -0.2) is 0 Å². The molecule has 1 aliphatic heterocycles. The first-order valence-corrected chi connectivity index (χ1v) is 5.72. The molecule has 1 saturated heterocycles. The number of piperidine rings is 1. The number of nitrogens with one attached hydrogen (secondary N) is 1. The van der Waals surface area contributed by atoms with Crippen LogP contribution in [0, 0.1) is 5.92 Å². The van der Waals surface area contributed by atoms with Crippen LogP contribution in [0.25, 0.3) is 0 Å². The predicted molar refractivity (Wildman–Crippen MR) is 60.4 cm³/mol. The standard InChI is InChI=1S/C13H15NO2/c1-16-10-4-2-8(3-5-10)11-6-9-7-12(11)13(15)14-9/h2-5,9,11-12H,6-7H2,1H3,(H,14,15)/t9-,11+,12-/m1/s1. The van der Waals surface area contributed by atoms with Crippen LogP contribution in [0.2, 0.25) is 0 Å². The Bertz CT molecular complexity index is 412. The second-order valence-corrected chi connectivity index (χ2v) is 4.66. The fraction of sp³-hybridized carbons (Fsp3) is 0.462. The van der Waals surface area contributed by atoms with E-state index in [0.29, 0.717) is 12.0 Å². The lowest BCUT2D eigenvalue weighted by Gasteiger charge is -2.22. The summed E-state index contributed by atoms with van der Waals surface area (Å²) >= 11 is 0. The number of benzene rings is 1. The van der Waals surface area contributed by atoms with Gasteiger partial charge in [0.25, 0.3) is 0 Å². The van der Waals surface area contributed by atoms with Crippen molar-refractivity contribution in [1.82, 2.24) is 5.32 Å². The van der Waals surface area contributed by atoms with Gasteiger partial charge >= 0.3 is 0 Å². The molecule has 1 amide bonds. The van der Waals surface area contributed by atoms with Gasteiger partial charge in [0.05, 0.1) is 7.11 Å². The van der Waals surface area contributed by atoms with Crippen LogP contribution in [0.5, 0.6) is 5.75 Å². The Kier molecular flexibility index (Phi) is 2.13. The first kappa shape index (κ1) is 9.70. The smallest absolute Gasteiger partial charge is 0.224 e. The fourth-order valence-corrected chi connectivity index (χ4v) is 2.97. The lowest BCUT2D eigenvalue weighted by molar-refractivity contribution is -0.124. The molecule has 84 valence electrons. The minimum atomic E-state index is 0.193. The Balaban J connectivity index is 1.85. The molecule has 0 unspecified atom stereocenters. The van der Waals surface area contributed by atoms with Crippen molar-refractivity contribution in [2.24, 2.45) is 5.92 Å². The van der Waals surface area contributed by atoms with Crippen molar-refractivity contribution >= 4 is 5.91 Å². The highest BCUT2D eigenvalue weighted by molar-refractivity contribution is 5.83. The molecule has 3 atom stereocenters. The van der Waals surface area contributed by atoms with Crippen LogP contribution in [-0.2, 0) is 4.79 Å². The molecule has 0 aromatic heterocycles. The first-order chi connectivity index (χ1) is 7.78. The van der Waals surface area contributed by atoms with E-state index in [0.717, 1.165) is 18.6 Å². The highest BCUT2D eigenvalue weighted by Gasteiger charge is 2.45. The normalized spacial score (nSPS) is 31.6. The van der Waals surface area contributed by atoms with Crippen LogP contribution in [0.1, 0.15) is 24.3 Å². The zero-order chi connectivity index (χ0) is 11.1. The van der Waals surface area contributed by atoms with Crippen LogP contribution < -0.4 is 10.1 Å². The van der Waals surface area contributed by atoms with Gasteiger partial charge in [-0.15, -0.1) is 0 Å². The summed E-state index contributed by atoms with van der Waals surface area (Å²) in [6.45, 7) is 0. The van der Waals surface area contributed by atoms with Crippen LogP contribution in [0.15, 0.2) is 24.3 Å². The van der Waals surface area contributed by atoms with Crippen molar-refractivity contribution in [3.05, 3.63) is 29.8 Å². The Hall–Kier alpha value is -1.51. The molecule has 3 heteroatoms. The molecule has 0 spiro atoms. The number of fused-ring (bicyclic) bond motifs is 2. The molecule has 0 radical (unpaired) electrons. The summed E-state index contributed by atoms with van der Waals surface area (Å²) in [5.41, 5.74) is 1.27. The van der Waals surface area contributed by atoms with Crippen LogP contribution >= 0.6 is 0 Å². The van der Waals surface area contributed by atoms with E-state index in [9.17, 15) is 4.79 Å². The molecule has 1 heterocycles. The second kappa shape index (κ2) is 3.51. The summed E-state index contributed by atoms with van der Waals surface area (Å²) in [5, 5.41) is 3.01. The third kappa shape index (κ3) is 1.39. The van der Waals surface area contributed by atoms with E-state index < -0.39 is 0 Å². The summed E-state index contributed by atoms with van der Waals surface area (Å²) in [7, 11) is 1.67. The predicted octanol–water partition coefficient (Wildman–Crippen LogP) is 1.69. The van der Waals surface area contributed by atoms with Gasteiger partial charge < -0.3 is 10.1 Å². The summed E-state index contributed by atoms with van der Waals surface area (Å²) < 4.78 is 5.14. The Labute approximate surface area is 94.8 Å². The zero-order valence-electron chi connectivity index (χ0n) is 9.27. The Morgan fingerprint density at radius 3 is 2.44 bits per heavy atom. The molecule has 1 saturated carbocycles. The quantitative estimate of drug-likeness (QED) is 0.818. The summed E-state index contributed by atoms with van der Waals surface area (Å²) in [4.78, 5) is 11.6. The molecule has 1 aromatic rings. The van der Waals surface area contributed by atoms with E-state index in [1.54, 1.807) is 7.11 Å². The second-order valence-electron chi connectivity index (χ2n) is 4.66. The fourth-order valence-electron chi connectivity index (χ4n) is 2.97. The van der Waals surface area contributed by atoms with Gasteiger partial charge in [-0.05, 0) is 36.5 Å². The largest absolute Gasteiger partial charge is 0.497 e. The van der Waals surface area contributed by atoms with Crippen molar-refractivity contribution in [3.63, 3.8) is 0 Å². The highest BCUT2D eigenvalue weighted by Crippen LogP contribution is 2.44. The number of rotatable bonds is 2. The average molecular weight is 217 g/mol. The molecule has 3 nitrogen and oxygen atoms in total. The number of carbonyl (C=O) groups excluding carboxylic acids is 1. The van der Waals surface area contributed by atoms with E-state index in [1.807, 2.05) is 12.1 Å². The van der Waals surface area contributed by atoms with Crippen molar-refractivity contribution in [2.45, 2.75) is 24.8 Å². The molecular weight excluding hydrogens is 202 g/mol. The molecule has 16 heavy (non-hydrogen) atoms. The van der Waals surface area contributed by atoms with E-state index in [4.69, 9.17) is 4.74 Å². The monoisotopic (exact) mass is 217 g/mol. The topological polar surface area (TPSA) is 38.3 Å². The van der Waals surface area contributed by atoms with Crippen LogP contribution in [-0.4, -0.2) is 19.1 Å². The van der Waals surface area contributed by atoms with Gasteiger partial charge in [0, 0.05) is 12.0 Å². The molecule has 3 rings (SSSR count). The van der Waals surface area contributed by atoms with Gasteiger partial charge in [0.2, 0.25) is 5.91 Å². The maximum atomic E-state index is 11.6. The van der Waals surface area contributed by atoms with Crippen molar-refractivity contribution < 1.29 is 9.53 Å². The molecule has 2 bridgehead atoms. The lowest BCUT2D eigenvalue weighted by Crippen LogP contribution is -2.34. The number of hydrogen-bond acceptors (Lipinski definition) is 2. The molecule has 2 aliphatic rings. The highest BCUT2D eigenvalue weighted by atomic mass is 16.5. The number of ether oxygens (including phenoxy) is 1. The molecule has 2 fully saturated rings. The van der Waals surface area contributed by atoms with Gasteiger partial charge in [-0.2, -0.15) is 0 Å². The van der Waals surface area contributed by atoms with E-state index in [-0.39, 0.29) is 11.8 Å². The van der Waals surface area contributed by atoms with Gasteiger partial charge in [0.15, 0.2) is 0 Å². The summed E-state index contributed by atoms with van der Waals surface area (Å²) in [6.07, 6.45) is 2.10. The SMILES string of the molecule is COc1ccc([C@@H]2C[C@@H]3C[C@H]2C(=O)N3)cc1. The van der Waals surface area contributed by atoms with E-state index in [1.165, 1.54) is 5.56 Å². The minimum absolute atomic E-state index is 0.193. The number of amides is 1. The van der Waals surface area contributed by atoms with Crippen molar-refractivity contribution in [1.29, 1.82) is 0 Å². The van der Waals surface area contributed by atoms with Crippen LogP contribution in [0.3, 0.4) is 0 Å². The first-order valence-electron chi connectivity index (χ1n) is 5.72. The summed E-state index contributed by atoms with van der Waals surface area (Å²) in [5.74, 6) is 1.71. The molecule has 1 aromatic carbocycles. The number of carbonyl (C=O) groups is 1. The van der Waals surface area contributed by atoms with Gasteiger partial charge in [0.1, 0.15) is 5.75 Å². The number of methoxy groups -OCH3 is 1. The Morgan fingerprint density at radius 2 is 1.88 bits per heavy atom. The number of hydrogen-bond donors (Lipinski definition) is 1. The van der Waals surface area contributed by atoms with E-state index in [2.05, 4.69) is 17.4 Å². The maximum Gasteiger partial charge on any atom is 0.224 e. The van der Waals surface area contributed by atoms with Crippen molar-refractivity contribution in [2.75, 3.05) is 7.11 Å². The van der Waals surface area contributed by atoms with Crippen molar-refractivity contribution in [3.8, 4) is 5.75 Å². The third-order valence-electron chi connectivity index (χ3n) is 3.79. The van der Waals surface area contributed by atoms with Crippen LogP contribution in [0.4, 0.5) is 0 Å².